The minimum Gasteiger partial charge on any atom is -0.444 e. The number of carbonyl (C=O) groups excluding carboxylic acids is 3. The van der Waals surface area contributed by atoms with E-state index in [0.717, 1.165) is 0 Å². The van der Waals surface area contributed by atoms with Crippen LogP contribution in [0.4, 0.5) is 4.79 Å². The molecule has 0 saturated heterocycles. The number of aliphatic hydroxyl groups is 2. The predicted molar refractivity (Wildman–Crippen MR) is 111 cm³/mol. The number of carbonyl (C=O) groups is 3. The molecule has 9 heteroatoms. The summed E-state index contributed by atoms with van der Waals surface area (Å²) in [6, 6.07) is 7.22. The van der Waals surface area contributed by atoms with Crippen molar-refractivity contribution < 1.29 is 29.3 Å². The van der Waals surface area contributed by atoms with Crippen LogP contribution >= 0.6 is 0 Å². The monoisotopic (exact) mass is 423 g/mol. The van der Waals surface area contributed by atoms with Crippen LogP contribution < -0.4 is 16.0 Å². The summed E-state index contributed by atoms with van der Waals surface area (Å²) in [6.07, 6.45) is -1.85. The molecule has 4 atom stereocenters. The fourth-order valence-corrected chi connectivity index (χ4v) is 2.70. The number of alkyl carbamates (subject to hydrolysis) is 1. The van der Waals surface area contributed by atoms with Crippen molar-refractivity contribution in [3.8, 4) is 0 Å². The summed E-state index contributed by atoms with van der Waals surface area (Å²) in [7, 11) is 0. The number of aliphatic hydroxyl groups excluding tert-OH is 2. The Kier molecular flexibility index (Phi) is 10.4. The highest BCUT2D eigenvalue weighted by Crippen LogP contribution is 2.11. The van der Waals surface area contributed by atoms with Gasteiger partial charge in [-0.15, -0.1) is 0 Å². The second-order valence-corrected chi connectivity index (χ2v) is 7.94. The highest BCUT2D eigenvalue weighted by molar-refractivity contribution is 5.82. The SMILES string of the molecule is CCCC(NC(=O)OC(C)(C)C)C(O)C(=O)NC[C@@H](O)N[C@H](C=O)c1ccccc1. The van der Waals surface area contributed by atoms with Gasteiger partial charge in [-0.3, -0.25) is 10.1 Å². The maximum Gasteiger partial charge on any atom is 0.407 e. The molecule has 1 aromatic rings. The van der Waals surface area contributed by atoms with Crippen LogP contribution in [-0.2, 0) is 14.3 Å². The van der Waals surface area contributed by atoms with E-state index in [9.17, 15) is 24.6 Å². The topological polar surface area (TPSA) is 137 Å². The number of rotatable bonds is 11. The van der Waals surface area contributed by atoms with E-state index in [1.807, 2.05) is 6.92 Å². The normalized spacial score (nSPS) is 15.4. The number of hydrogen-bond donors (Lipinski definition) is 5. The second-order valence-electron chi connectivity index (χ2n) is 7.94. The zero-order valence-corrected chi connectivity index (χ0v) is 17.9. The lowest BCUT2D eigenvalue weighted by atomic mass is 10.1. The van der Waals surface area contributed by atoms with Crippen LogP contribution in [0.1, 0.15) is 52.1 Å². The Morgan fingerprint density at radius 2 is 1.80 bits per heavy atom. The Labute approximate surface area is 177 Å². The Morgan fingerprint density at radius 1 is 1.17 bits per heavy atom. The van der Waals surface area contributed by atoms with Crippen molar-refractivity contribution in [1.29, 1.82) is 0 Å². The summed E-state index contributed by atoms with van der Waals surface area (Å²) in [5, 5.41) is 28.0. The molecule has 0 aliphatic heterocycles. The number of nitrogens with one attached hydrogen (secondary N) is 3. The van der Waals surface area contributed by atoms with Gasteiger partial charge in [0.2, 0.25) is 0 Å². The maximum absolute atomic E-state index is 12.3. The molecule has 0 spiro atoms. The number of ether oxygens (including phenoxy) is 1. The van der Waals surface area contributed by atoms with E-state index in [4.69, 9.17) is 4.74 Å². The molecule has 0 bridgehead atoms. The Morgan fingerprint density at radius 3 is 2.33 bits per heavy atom. The van der Waals surface area contributed by atoms with Gasteiger partial charge in [-0.25, -0.2) is 4.79 Å². The molecular formula is C21H33N3O6. The molecule has 0 aromatic heterocycles. The third kappa shape index (κ3) is 9.34. The molecule has 0 aliphatic carbocycles. The molecule has 5 N–H and O–H groups in total. The lowest BCUT2D eigenvalue weighted by Crippen LogP contribution is -2.53. The molecule has 0 heterocycles. The highest BCUT2D eigenvalue weighted by atomic mass is 16.6. The van der Waals surface area contributed by atoms with Crippen LogP contribution in [0.25, 0.3) is 0 Å². The number of aldehydes is 1. The van der Waals surface area contributed by atoms with Crippen molar-refractivity contribution in [1.82, 2.24) is 16.0 Å². The zero-order chi connectivity index (χ0) is 22.7. The maximum atomic E-state index is 12.3. The molecule has 1 aromatic carbocycles. The second kappa shape index (κ2) is 12.3. The molecule has 0 radical (unpaired) electrons. The number of benzene rings is 1. The first-order chi connectivity index (χ1) is 14.1. The molecule has 1 rings (SSSR count). The van der Waals surface area contributed by atoms with Gasteiger partial charge in [-0.1, -0.05) is 43.7 Å². The molecule has 2 unspecified atom stereocenters. The van der Waals surface area contributed by atoms with Crippen molar-refractivity contribution in [3.63, 3.8) is 0 Å². The quantitative estimate of drug-likeness (QED) is 0.265. The molecule has 0 saturated carbocycles. The van der Waals surface area contributed by atoms with Gasteiger partial charge in [-0.05, 0) is 32.8 Å². The molecule has 168 valence electrons. The minimum atomic E-state index is -1.53. The van der Waals surface area contributed by atoms with Crippen LogP contribution in [-0.4, -0.2) is 59.0 Å². The van der Waals surface area contributed by atoms with Crippen molar-refractivity contribution in [2.75, 3.05) is 6.54 Å². The predicted octanol–water partition coefficient (Wildman–Crippen LogP) is 1.01. The Balaban J connectivity index is 2.59. The number of amides is 2. The molecular weight excluding hydrogens is 390 g/mol. The van der Waals surface area contributed by atoms with Crippen LogP contribution in [0, 0.1) is 0 Å². The fourth-order valence-electron chi connectivity index (χ4n) is 2.70. The van der Waals surface area contributed by atoms with E-state index < -0.39 is 42.0 Å². The van der Waals surface area contributed by atoms with Crippen LogP contribution in [0.3, 0.4) is 0 Å². The van der Waals surface area contributed by atoms with Gasteiger partial charge in [-0.2, -0.15) is 0 Å². The number of hydrogen-bond acceptors (Lipinski definition) is 7. The van der Waals surface area contributed by atoms with Crippen molar-refractivity contribution in [2.24, 2.45) is 0 Å². The van der Waals surface area contributed by atoms with Crippen LogP contribution in [0.15, 0.2) is 30.3 Å². The summed E-state index contributed by atoms with van der Waals surface area (Å²) in [6.45, 7) is 6.74. The highest BCUT2D eigenvalue weighted by Gasteiger charge is 2.29. The van der Waals surface area contributed by atoms with Gasteiger partial charge in [0.05, 0.1) is 18.6 Å². The standard InChI is InChI=1S/C21H33N3O6/c1-5-9-15(24-20(29)30-21(2,3)4)18(27)19(28)22-12-17(26)23-16(13-25)14-10-7-6-8-11-14/h6-8,10-11,13,15-18,23,26-27H,5,9,12H2,1-4H3,(H,22,28)(H,24,29)/t15?,16-,17-,18?/m1/s1. The summed E-state index contributed by atoms with van der Waals surface area (Å²) < 4.78 is 5.16. The van der Waals surface area contributed by atoms with E-state index >= 15 is 0 Å². The fraction of sp³-hybridized carbons (Fsp3) is 0.571. The third-order valence-corrected chi connectivity index (χ3v) is 4.09. The lowest BCUT2D eigenvalue weighted by molar-refractivity contribution is -0.131. The molecule has 2 amide bonds. The van der Waals surface area contributed by atoms with E-state index in [2.05, 4.69) is 16.0 Å². The first-order valence-corrected chi connectivity index (χ1v) is 9.97. The van der Waals surface area contributed by atoms with E-state index in [0.29, 0.717) is 24.7 Å². The lowest BCUT2D eigenvalue weighted by Gasteiger charge is -2.26. The molecule has 0 aliphatic rings. The van der Waals surface area contributed by atoms with Gasteiger partial charge < -0.3 is 30.4 Å². The van der Waals surface area contributed by atoms with E-state index in [-0.39, 0.29) is 6.54 Å². The Bertz CT molecular complexity index is 677. The van der Waals surface area contributed by atoms with Gasteiger partial charge in [0.15, 0.2) is 6.10 Å². The average Bonchev–Trinajstić information content (AvgIpc) is 2.68. The summed E-state index contributed by atoms with van der Waals surface area (Å²) in [5.41, 5.74) is -0.0416. The third-order valence-electron chi connectivity index (χ3n) is 4.09. The van der Waals surface area contributed by atoms with Crippen molar-refractivity contribution in [3.05, 3.63) is 35.9 Å². The molecule has 9 nitrogen and oxygen atoms in total. The van der Waals surface area contributed by atoms with Gasteiger partial charge >= 0.3 is 6.09 Å². The van der Waals surface area contributed by atoms with Gasteiger partial charge in [0, 0.05) is 0 Å². The van der Waals surface area contributed by atoms with Gasteiger partial charge in [0.1, 0.15) is 18.1 Å². The first kappa shape index (κ1) is 25.5. The van der Waals surface area contributed by atoms with Crippen LogP contribution in [0.2, 0.25) is 0 Å². The van der Waals surface area contributed by atoms with Crippen molar-refractivity contribution in [2.45, 2.75) is 70.6 Å². The Hall–Kier alpha value is -2.49. The van der Waals surface area contributed by atoms with E-state index in [1.165, 1.54) is 0 Å². The van der Waals surface area contributed by atoms with E-state index in [1.54, 1.807) is 51.1 Å². The minimum absolute atomic E-state index is 0.238. The average molecular weight is 424 g/mol. The zero-order valence-electron chi connectivity index (χ0n) is 17.9. The smallest absolute Gasteiger partial charge is 0.407 e. The molecule has 0 fully saturated rings. The largest absolute Gasteiger partial charge is 0.444 e. The first-order valence-electron chi connectivity index (χ1n) is 9.97. The summed E-state index contributed by atoms with van der Waals surface area (Å²) in [5.74, 6) is -0.757. The molecule has 30 heavy (non-hydrogen) atoms. The summed E-state index contributed by atoms with van der Waals surface area (Å²) in [4.78, 5) is 35.6. The van der Waals surface area contributed by atoms with Gasteiger partial charge in [0.25, 0.3) is 5.91 Å². The van der Waals surface area contributed by atoms with Crippen molar-refractivity contribution >= 4 is 18.3 Å². The summed E-state index contributed by atoms with van der Waals surface area (Å²) >= 11 is 0. The van der Waals surface area contributed by atoms with Crippen LogP contribution in [0.5, 0.6) is 0 Å².